The van der Waals surface area contributed by atoms with Gasteiger partial charge in [-0.3, -0.25) is 0 Å². The van der Waals surface area contributed by atoms with Crippen LogP contribution in [0, 0.1) is 11.3 Å². The van der Waals surface area contributed by atoms with E-state index < -0.39 is 5.60 Å². The van der Waals surface area contributed by atoms with E-state index in [4.69, 9.17) is 10.00 Å². The Morgan fingerprint density at radius 3 is 2.63 bits per heavy atom. The van der Waals surface area contributed by atoms with E-state index in [0.29, 0.717) is 21.8 Å². The molecule has 1 aromatic carbocycles. The number of benzene rings is 1. The summed E-state index contributed by atoms with van der Waals surface area (Å²) in [6.07, 6.45) is 4.04. The van der Waals surface area contributed by atoms with Crippen molar-refractivity contribution in [1.29, 1.82) is 5.26 Å². The third-order valence-corrected chi connectivity index (χ3v) is 5.76. The second-order valence-electron chi connectivity index (χ2n) is 5.42. The van der Waals surface area contributed by atoms with Crippen LogP contribution in [0.4, 0.5) is 0 Å². The molecule has 100 valence electrons. The molecule has 2 heterocycles. The van der Waals surface area contributed by atoms with E-state index >= 15 is 0 Å². The Bertz CT molecular complexity index is 525. The monoisotopic (exact) mass is 275 g/mol. The number of hydrogen-bond acceptors (Lipinski definition) is 4. The van der Waals surface area contributed by atoms with Gasteiger partial charge in [-0.1, -0.05) is 6.07 Å². The van der Waals surface area contributed by atoms with E-state index in [0.717, 1.165) is 18.4 Å². The maximum absolute atomic E-state index is 11.0. The summed E-state index contributed by atoms with van der Waals surface area (Å²) < 4.78 is 5.24. The lowest BCUT2D eigenvalue weighted by Gasteiger charge is -2.36. The predicted molar refractivity (Wildman–Crippen MR) is 75.2 cm³/mol. The fourth-order valence-corrected chi connectivity index (χ4v) is 5.06. The number of rotatable bonds is 2. The first-order valence-electron chi connectivity index (χ1n) is 6.61. The molecule has 3 rings (SSSR count). The number of hydrogen-bond donors (Lipinski definition) is 1. The van der Waals surface area contributed by atoms with Crippen molar-refractivity contribution in [3.05, 3.63) is 29.3 Å². The zero-order chi connectivity index (χ0) is 13.5. The SMILES string of the molecule is COc1cc(C2(O)CC3CCC(C2)S3)ccc1C#N. The Labute approximate surface area is 117 Å². The smallest absolute Gasteiger partial charge is 0.136 e. The van der Waals surface area contributed by atoms with Gasteiger partial charge in [0.2, 0.25) is 0 Å². The summed E-state index contributed by atoms with van der Waals surface area (Å²) >= 11 is 2.02. The molecule has 2 saturated heterocycles. The molecular formula is C15H17NO2S. The van der Waals surface area contributed by atoms with Gasteiger partial charge in [-0.15, -0.1) is 0 Å². The van der Waals surface area contributed by atoms with Crippen molar-refractivity contribution >= 4 is 11.8 Å². The molecule has 2 unspecified atom stereocenters. The van der Waals surface area contributed by atoms with Crippen LogP contribution in [0.25, 0.3) is 0 Å². The van der Waals surface area contributed by atoms with Gasteiger partial charge in [0.25, 0.3) is 0 Å². The van der Waals surface area contributed by atoms with Crippen molar-refractivity contribution in [1.82, 2.24) is 0 Å². The normalized spacial score (nSPS) is 32.9. The molecule has 0 saturated carbocycles. The number of aliphatic hydroxyl groups is 1. The standard InChI is InChI=1S/C15H17NO2S/c1-18-14-6-11(3-2-10(14)9-16)15(17)7-12-4-5-13(8-15)19-12/h2-3,6,12-13,17H,4-5,7-8H2,1H3. The summed E-state index contributed by atoms with van der Waals surface area (Å²) in [5.74, 6) is 0.555. The summed E-state index contributed by atoms with van der Waals surface area (Å²) in [5, 5.41) is 21.1. The highest BCUT2D eigenvalue weighted by atomic mass is 32.2. The van der Waals surface area contributed by atoms with Gasteiger partial charge in [0.1, 0.15) is 11.8 Å². The highest BCUT2D eigenvalue weighted by Gasteiger charge is 2.44. The van der Waals surface area contributed by atoms with Crippen molar-refractivity contribution < 1.29 is 9.84 Å². The summed E-state index contributed by atoms with van der Waals surface area (Å²) in [4.78, 5) is 0. The fraction of sp³-hybridized carbons (Fsp3) is 0.533. The minimum Gasteiger partial charge on any atom is -0.495 e. The fourth-order valence-electron chi connectivity index (χ4n) is 3.23. The van der Waals surface area contributed by atoms with Crippen LogP contribution in [0.2, 0.25) is 0 Å². The second-order valence-corrected chi connectivity index (χ2v) is 7.03. The van der Waals surface area contributed by atoms with E-state index in [1.165, 1.54) is 12.8 Å². The lowest BCUT2D eigenvalue weighted by molar-refractivity contribution is 0.0194. The Balaban J connectivity index is 1.95. The van der Waals surface area contributed by atoms with Crippen LogP contribution in [0.5, 0.6) is 5.75 Å². The highest BCUT2D eigenvalue weighted by Crippen LogP contribution is 2.51. The van der Waals surface area contributed by atoms with Gasteiger partial charge in [-0.2, -0.15) is 17.0 Å². The number of methoxy groups -OCH3 is 1. The van der Waals surface area contributed by atoms with Crippen LogP contribution in [0.15, 0.2) is 18.2 Å². The van der Waals surface area contributed by atoms with Gasteiger partial charge in [0.05, 0.1) is 18.3 Å². The third kappa shape index (κ3) is 2.22. The number of fused-ring (bicyclic) bond motifs is 2. The molecule has 2 atom stereocenters. The van der Waals surface area contributed by atoms with Gasteiger partial charge in [0.15, 0.2) is 0 Å². The maximum atomic E-state index is 11.0. The molecule has 19 heavy (non-hydrogen) atoms. The summed E-state index contributed by atoms with van der Waals surface area (Å²) in [7, 11) is 1.56. The van der Waals surface area contributed by atoms with Crippen LogP contribution < -0.4 is 4.74 Å². The largest absolute Gasteiger partial charge is 0.495 e. The third-order valence-electron chi connectivity index (χ3n) is 4.19. The summed E-state index contributed by atoms with van der Waals surface area (Å²) in [6, 6.07) is 7.55. The Morgan fingerprint density at radius 2 is 2.05 bits per heavy atom. The first-order chi connectivity index (χ1) is 9.14. The van der Waals surface area contributed by atoms with Crippen LogP contribution in [-0.4, -0.2) is 22.7 Å². The van der Waals surface area contributed by atoms with E-state index in [-0.39, 0.29) is 0 Å². The quantitative estimate of drug-likeness (QED) is 0.901. The van der Waals surface area contributed by atoms with Gasteiger partial charge >= 0.3 is 0 Å². The van der Waals surface area contributed by atoms with Gasteiger partial charge in [0, 0.05) is 10.5 Å². The second kappa shape index (κ2) is 4.73. The summed E-state index contributed by atoms with van der Waals surface area (Å²) in [6.45, 7) is 0. The lowest BCUT2D eigenvalue weighted by atomic mass is 9.85. The van der Waals surface area contributed by atoms with Crippen LogP contribution >= 0.6 is 11.8 Å². The van der Waals surface area contributed by atoms with Crippen molar-refractivity contribution in [2.45, 2.75) is 41.8 Å². The zero-order valence-electron chi connectivity index (χ0n) is 10.9. The van der Waals surface area contributed by atoms with Gasteiger partial charge < -0.3 is 9.84 Å². The molecule has 1 aromatic rings. The van der Waals surface area contributed by atoms with Gasteiger partial charge in [-0.25, -0.2) is 0 Å². The molecule has 3 nitrogen and oxygen atoms in total. The van der Waals surface area contributed by atoms with Crippen molar-refractivity contribution in [2.24, 2.45) is 0 Å². The van der Waals surface area contributed by atoms with E-state index in [2.05, 4.69) is 6.07 Å². The summed E-state index contributed by atoms with van der Waals surface area (Å²) in [5.41, 5.74) is 0.654. The van der Waals surface area contributed by atoms with Crippen LogP contribution in [-0.2, 0) is 5.60 Å². The lowest BCUT2D eigenvalue weighted by Crippen LogP contribution is -2.34. The molecule has 0 spiro atoms. The number of nitriles is 1. The van der Waals surface area contributed by atoms with Crippen LogP contribution in [0.3, 0.4) is 0 Å². The molecule has 0 aromatic heterocycles. The average molecular weight is 275 g/mol. The van der Waals surface area contributed by atoms with E-state index in [1.54, 1.807) is 13.2 Å². The van der Waals surface area contributed by atoms with E-state index in [1.807, 2.05) is 23.9 Å². The average Bonchev–Trinajstić information content (AvgIpc) is 2.77. The number of thioether (sulfide) groups is 1. The minimum absolute atomic E-state index is 0.517. The molecule has 2 fully saturated rings. The number of nitrogens with zero attached hydrogens (tertiary/aromatic N) is 1. The molecule has 1 N–H and O–H groups in total. The maximum Gasteiger partial charge on any atom is 0.136 e. The van der Waals surface area contributed by atoms with Crippen LogP contribution in [0.1, 0.15) is 36.8 Å². The predicted octanol–water partition coefficient (Wildman–Crippen LogP) is 2.81. The molecule has 4 heteroatoms. The Morgan fingerprint density at radius 1 is 1.37 bits per heavy atom. The topological polar surface area (TPSA) is 53.2 Å². The minimum atomic E-state index is -0.752. The Kier molecular flexibility index (Phi) is 3.20. The molecular weight excluding hydrogens is 258 g/mol. The first kappa shape index (κ1) is 12.8. The molecule has 0 radical (unpaired) electrons. The van der Waals surface area contributed by atoms with Crippen molar-refractivity contribution in [2.75, 3.05) is 7.11 Å². The first-order valence-corrected chi connectivity index (χ1v) is 7.55. The molecule has 2 bridgehead atoms. The van der Waals surface area contributed by atoms with Crippen molar-refractivity contribution in [3.63, 3.8) is 0 Å². The molecule has 2 aliphatic rings. The molecule has 2 aliphatic heterocycles. The molecule has 0 aliphatic carbocycles. The van der Waals surface area contributed by atoms with E-state index in [9.17, 15) is 5.11 Å². The highest BCUT2D eigenvalue weighted by molar-refractivity contribution is 8.00. The van der Waals surface area contributed by atoms with Crippen molar-refractivity contribution in [3.8, 4) is 11.8 Å². The Hall–Kier alpha value is -1.18. The number of ether oxygens (including phenoxy) is 1. The van der Waals surface area contributed by atoms with Gasteiger partial charge in [-0.05, 0) is 43.4 Å². The zero-order valence-corrected chi connectivity index (χ0v) is 11.7. The molecule has 0 amide bonds.